The van der Waals surface area contributed by atoms with Crippen molar-refractivity contribution in [3.8, 4) is 11.6 Å². The molecule has 0 bridgehead atoms. The molecular weight excluding hydrogens is 309 g/mol. The fourth-order valence-corrected chi connectivity index (χ4v) is 2.36. The number of pyridine rings is 1. The first kappa shape index (κ1) is 15.1. The second kappa shape index (κ2) is 5.15. The zero-order valence-electron chi connectivity index (χ0n) is 12.3. The van der Waals surface area contributed by atoms with Gasteiger partial charge in [0.05, 0.1) is 12.6 Å². The van der Waals surface area contributed by atoms with Gasteiger partial charge in [-0.15, -0.1) is 0 Å². The molecule has 2 aromatic heterocycles. The van der Waals surface area contributed by atoms with E-state index in [0.29, 0.717) is 22.3 Å². The smallest absolute Gasteiger partial charge is 0.435 e. The summed E-state index contributed by atoms with van der Waals surface area (Å²) >= 11 is 0. The summed E-state index contributed by atoms with van der Waals surface area (Å²) in [4.78, 5) is 4.38. The third-order valence-electron chi connectivity index (χ3n) is 3.54. The average molecular weight is 322 g/mol. The maximum Gasteiger partial charge on any atom is 0.435 e. The Morgan fingerprint density at radius 1 is 1.22 bits per heavy atom. The lowest BCUT2D eigenvalue weighted by molar-refractivity contribution is -0.141. The van der Waals surface area contributed by atoms with Crippen molar-refractivity contribution in [2.75, 3.05) is 12.8 Å². The fraction of sp³-hybridized carbons (Fsp3) is 0.200. The van der Waals surface area contributed by atoms with Gasteiger partial charge in [-0.05, 0) is 25.1 Å². The summed E-state index contributed by atoms with van der Waals surface area (Å²) in [6.07, 6.45) is -3.31. The van der Waals surface area contributed by atoms with Crippen LogP contribution in [0.15, 0.2) is 30.5 Å². The molecule has 0 saturated carbocycles. The minimum Gasteiger partial charge on any atom is -0.496 e. The Bertz CT molecular complexity index is 886. The van der Waals surface area contributed by atoms with Crippen LogP contribution in [-0.2, 0) is 6.18 Å². The summed E-state index contributed by atoms with van der Waals surface area (Å²) < 4.78 is 44.3. The van der Waals surface area contributed by atoms with E-state index in [-0.39, 0.29) is 5.82 Å². The molecule has 3 rings (SSSR count). The molecule has 0 aliphatic rings. The zero-order chi connectivity index (χ0) is 16.8. The van der Waals surface area contributed by atoms with Crippen molar-refractivity contribution in [1.82, 2.24) is 14.8 Å². The Morgan fingerprint density at radius 3 is 2.57 bits per heavy atom. The number of fused-ring (bicyclic) bond motifs is 1. The lowest BCUT2D eigenvalue weighted by Crippen LogP contribution is -2.08. The number of nitrogen functional groups attached to an aromatic ring is 1. The highest BCUT2D eigenvalue weighted by Crippen LogP contribution is 2.31. The number of hydrogen-bond acceptors (Lipinski definition) is 4. The number of aromatic nitrogens is 3. The topological polar surface area (TPSA) is 66.0 Å². The van der Waals surface area contributed by atoms with Gasteiger partial charge in [0.25, 0.3) is 0 Å². The van der Waals surface area contributed by atoms with Crippen LogP contribution in [0.25, 0.3) is 16.7 Å². The molecule has 3 aromatic rings. The van der Waals surface area contributed by atoms with Crippen LogP contribution in [0.2, 0.25) is 0 Å². The molecule has 0 amide bonds. The second-order valence-electron chi connectivity index (χ2n) is 5.00. The van der Waals surface area contributed by atoms with Crippen molar-refractivity contribution in [2.24, 2.45) is 0 Å². The van der Waals surface area contributed by atoms with Crippen LogP contribution < -0.4 is 10.5 Å². The van der Waals surface area contributed by atoms with Crippen molar-refractivity contribution in [1.29, 1.82) is 0 Å². The Kier molecular flexibility index (Phi) is 3.39. The lowest BCUT2D eigenvalue weighted by atomic mass is 10.1. The molecule has 23 heavy (non-hydrogen) atoms. The van der Waals surface area contributed by atoms with E-state index in [2.05, 4.69) is 10.1 Å². The molecule has 1 aromatic carbocycles. The van der Waals surface area contributed by atoms with Crippen LogP contribution in [0.1, 0.15) is 11.3 Å². The number of rotatable bonds is 2. The molecule has 5 nitrogen and oxygen atoms in total. The van der Waals surface area contributed by atoms with Gasteiger partial charge in [0.2, 0.25) is 0 Å². The number of hydrogen-bond donors (Lipinski definition) is 1. The molecule has 0 aliphatic carbocycles. The van der Waals surface area contributed by atoms with E-state index in [1.807, 2.05) is 6.92 Å². The average Bonchev–Trinajstić information content (AvgIpc) is 2.98. The van der Waals surface area contributed by atoms with E-state index in [1.54, 1.807) is 12.1 Å². The van der Waals surface area contributed by atoms with Crippen LogP contribution in [0.4, 0.5) is 18.9 Å². The van der Waals surface area contributed by atoms with E-state index in [0.717, 1.165) is 16.3 Å². The number of nitrogens with zero attached hydrogens (tertiary/aromatic N) is 3. The highest BCUT2D eigenvalue weighted by atomic mass is 19.4. The minimum atomic E-state index is -4.51. The Labute approximate surface area is 129 Å². The summed E-state index contributed by atoms with van der Waals surface area (Å²) in [5.74, 6) is 0.833. The van der Waals surface area contributed by atoms with E-state index in [1.165, 1.54) is 19.4 Å². The number of methoxy groups -OCH3 is 1. The van der Waals surface area contributed by atoms with E-state index in [9.17, 15) is 13.2 Å². The number of aryl methyl sites for hydroxylation is 1. The van der Waals surface area contributed by atoms with Crippen LogP contribution in [0.3, 0.4) is 0 Å². The van der Waals surface area contributed by atoms with Gasteiger partial charge in [-0.3, -0.25) is 0 Å². The molecule has 8 heteroatoms. The van der Waals surface area contributed by atoms with Crippen LogP contribution in [0.5, 0.6) is 5.75 Å². The van der Waals surface area contributed by atoms with Crippen LogP contribution in [-0.4, -0.2) is 21.9 Å². The fourth-order valence-electron chi connectivity index (χ4n) is 2.36. The molecule has 0 aliphatic heterocycles. The van der Waals surface area contributed by atoms with Gasteiger partial charge in [0.15, 0.2) is 11.5 Å². The maximum atomic E-state index is 12.7. The number of alkyl halides is 3. The van der Waals surface area contributed by atoms with Gasteiger partial charge in [-0.2, -0.15) is 18.3 Å². The number of halogens is 3. The van der Waals surface area contributed by atoms with Crippen molar-refractivity contribution in [3.05, 3.63) is 41.7 Å². The largest absolute Gasteiger partial charge is 0.496 e. The van der Waals surface area contributed by atoms with Gasteiger partial charge < -0.3 is 10.5 Å². The maximum absolute atomic E-state index is 12.7. The van der Waals surface area contributed by atoms with E-state index < -0.39 is 11.9 Å². The van der Waals surface area contributed by atoms with Crippen molar-refractivity contribution >= 4 is 16.6 Å². The van der Waals surface area contributed by atoms with Crippen molar-refractivity contribution < 1.29 is 17.9 Å². The first-order valence-corrected chi connectivity index (χ1v) is 6.68. The van der Waals surface area contributed by atoms with Gasteiger partial charge in [-0.1, -0.05) is 0 Å². The van der Waals surface area contributed by atoms with Gasteiger partial charge in [0.1, 0.15) is 5.75 Å². The lowest BCUT2D eigenvalue weighted by Gasteiger charge is -2.11. The number of benzene rings is 1. The van der Waals surface area contributed by atoms with E-state index >= 15 is 0 Å². The first-order chi connectivity index (χ1) is 10.8. The molecule has 120 valence electrons. The summed E-state index contributed by atoms with van der Waals surface area (Å²) in [5.41, 5.74) is 6.73. The van der Waals surface area contributed by atoms with Crippen LogP contribution in [0, 0.1) is 6.92 Å². The highest BCUT2D eigenvalue weighted by Gasteiger charge is 2.33. The molecule has 2 heterocycles. The van der Waals surface area contributed by atoms with Crippen LogP contribution >= 0.6 is 0 Å². The molecular formula is C15H13F3N4O. The standard InChI is InChI=1S/C15H13F3N4O/c1-8-11(23-2)4-3-9-10(19)7-13(20-14(8)9)22-6-5-12(21-22)15(16,17)18/h3-7H,1-2H3,(H2,19,20). The summed E-state index contributed by atoms with van der Waals surface area (Å²) in [7, 11) is 1.53. The molecule has 0 saturated heterocycles. The SMILES string of the molecule is COc1ccc2c(N)cc(-n3ccc(C(F)(F)F)n3)nc2c1C. The minimum absolute atomic E-state index is 0.210. The quantitative estimate of drug-likeness (QED) is 0.786. The Balaban J connectivity index is 2.19. The molecule has 2 N–H and O–H groups in total. The summed E-state index contributed by atoms with van der Waals surface area (Å²) in [6.45, 7) is 1.81. The predicted octanol–water partition coefficient (Wildman–Crippen LogP) is 3.34. The Morgan fingerprint density at radius 2 is 1.96 bits per heavy atom. The number of anilines is 1. The van der Waals surface area contributed by atoms with Gasteiger partial charge >= 0.3 is 6.18 Å². The third-order valence-corrected chi connectivity index (χ3v) is 3.54. The second-order valence-corrected chi connectivity index (χ2v) is 5.00. The molecule has 0 atom stereocenters. The molecule has 0 fully saturated rings. The van der Waals surface area contributed by atoms with E-state index in [4.69, 9.17) is 10.5 Å². The Hall–Kier alpha value is -2.77. The zero-order valence-corrected chi connectivity index (χ0v) is 12.3. The molecule has 0 spiro atoms. The third kappa shape index (κ3) is 2.56. The first-order valence-electron chi connectivity index (χ1n) is 6.68. The van der Waals surface area contributed by atoms with Crippen molar-refractivity contribution in [3.63, 3.8) is 0 Å². The number of ether oxygens (including phenoxy) is 1. The summed E-state index contributed by atoms with van der Waals surface area (Å²) in [6, 6.07) is 5.91. The predicted molar refractivity (Wildman–Crippen MR) is 79.6 cm³/mol. The summed E-state index contributed by atoms with van der Waals surface area (Å²) in [5, 5.41) is 4.22. The van der Waals surface area contributed by atoms with Gasteiger partial charge in [0, 0.05) is 28.9 Å². The molecule has 0 unspecified atom stereocenters. The van der Waals surface area contributed by atoms with Gasteiger partial charge in [-0.25, -0.2) is 9.67 Å². The molecule has 0 radical (unpaired) electrons. The monoisotopic (exact) mass is 322 g/mol. The normalized spacial score (nSPS) is 11.9. The van der Waals surface area contributed by atoms with Crippen molar-refractivity contribution in [2.45, 2.75) is 13.1 Å². The highest BCUT2D eigenvalue weighted by molar-refractivity contribution is 5.94. The number of nitrogens with two attached hydrogens (primary N) is 1.